The molecule has 0 unspecified atom stereocenters. The molecular formula is C53H34N4. The van der Waals surface area contributed by atoms with Crippen LogP contribution in [0.3, 0.4) is 0 Å². The van der Waals surface area contributed by atoms with E-state index in [0.29, 0.717) is 0 Å². The quantitative estimate of drug-likeness (QED) is 0.160. The van der Waals surface area contributed by atoms with Crippen LogP contribution in [0.25, 0.3) is 88.0 Å². The van der Waals surface area contributed by atoms with Crippen LogP contribution < -0.4 is 4.90 Å². The number of nitrogens with zero attached hydrogens (tertiary/aromatic N) is 4. The second-order valence-corrected chi connectivity index (χ2v) is 14.4. The average Bonchev–Trinajstić information content (AvgIpc) is 3.29. The first kappa shape index (κ1) is 32.7. The van der Waals surface area contributed by atoms with Crippen molar-refractivity contribution in [3.8, 4) is 33.8 Å². The number of benzene rings is 8. The number of anilines is 3. The van der Waals surface area contributed by atoms with Crippen molar-refractivity contribution in [1.29, 1.82) is 0 Å². The highest BCUT2D eigenvalue weighted by Crippen LogP contribution is 2.48. The zero-order valence-electron chi connectivity index (χ0n) is 30.9. The number of rotatable bonds is 6. The van der Waals surface area contributed by atoms with Crippen molar-refractivity contribution in [2.24, 2.45) is 0 Å². The van der Waals surface area contributed by atoms with Gasteiger partial charge in [0, 0.05) is 55.0 Å². The Morgan fingerprint density at radius 1 is 0.351 bits per heavy atom. The van der Waals surface area contributed by atoms with Gasteiger partial charge < -0.3 is 4.90 Å². The molecule has 11 aromatic rings. The Hall–Kier alpha value is -7.69. The van der Waals surface area contributed by atoms with Crippen molar-refractivity contribution < 1.29 is 0 Å². The number of fused-ring (bicyclic) bond motifs is 8. The van der Waals surface area contributed by atoms with Crippen molar-refractivity contribution in [3.63, 3.8) is 0 Å². The largest absolute Gasteiger partial charge is 0.310 e. The molecule has 0 fully saturated rings. The minimum Gasteiger partial charge on any atom is -0.310 e. The van der Waals surface area contributed by atoms with Gasteiger partial charge in [-0.2, -0.15) is 0 Å². The second-order valence-electron chi connectivity index (χ2n) is 14.4. The Bertz CT molecular complexity index is 3230. The van der Waals surface area contributed by atoms with Crippen LogP contribution in [0.1, 0.15) is 0 Å². The fourth-order valence-corrected chi connectivity index (χ4v) is 8.36. The minimum absolute atomic E-state index is 0.867. The molecule has 3 aromatic heterocycles. The predicted octanol–water partition coefficient (Wildman–Crippen LogP) is 14.1. The minimum atomic E-state index is 0.867. The zero-order chi connectivity index (χ0) is 37.7. The molecule has 0 aliphatic carbocycles. The van der Waals surface area contributed by atoms with Crippen LogP contribution in [0, 0.1) is 0 Å². The van der Waals surface area contributed by atoms with E-state index in [1.165, 1.54) is 10.8 Å². The third-order valence-corrected chi connectivity index (χ3v) is 11.0. The van der Waals surface area contributed by atoms with E-state index >= 15 is 0 Å². The molecule has 266 valence electrons. The highest BCUT2D eigenvalue weighted by Gasteiger charge is 2.24. The summed E-state index contributed by atoms with van der Waals surface area (Å²) in [5.74, 6) is 0. The molecule has 0 aliphatic rings. The number of pyridine rings is 3. The molecule has 57 heavy (non-hydrogen) atoms. The highest BCUT2D eigenvalue weighted by atomic mass is 15.1. The van der Waals surface area contributed by atoms with E-state index in [9.17, 15) is 0 Å². The van der Waals surface area contributed by atoms with Crippen LogP contribution in [-0.2, 0) is 0 Å². The van der Waals surface area contributed by atoms with E-state index in [1.54, 1.807) is 0 Å². The van der Waals surface area contributed by atoms with Gasteiger partial charge in [0.15, 0.2) is 0 Å². The number of hydrogen-bond donors (Lipinski definition) is 0. The third kappa shape index (κ3) is 5.58. The SMILES string of the molecule is c1ccc(-c2ccc3ccc4ccc(-c5ccccc5-c5nc6ccccc6c6c5c(N(c5ccccc5)c5ccccc5)cc5ccccc56)nc4c3n2)cc1. The molecule has 0 amide bonds. The molecule has 3 heterocycles. The molecular weight excluding hydrogens is 693 g/mol. The lowest BCUT2D eigenvalue weighted by Gasteiger charge is -2.29. The van der Waals surface area contributed by atoms with Crippen molar-refractivity contribution in [1.82, 2.24) is 15.0 Å². The van der Waals surface area contributed by atoms with E-state index in [0.717, 1.165) is 94.3 Å². The average molecular weight is 727 g/mol. The van der Waals surface area contributed by atoms with Gasteiger partial charge in [0.05, 0.1) is 39.3 Å². The maximum atomic E-state index is 5.59. The first-order chi connectivity index (χ1) is 28.3. The Kier molecular flexibility index (Phi) is 7.78. The normalized spacial score (nSPS) is 11.5. The lowest BCUT2D eigenvalue weighted by atomic mass is 9.91. The summed E-state index contributed by atoms with van der Waals surface area (Å²) in [4.78, 5) is 18.6. The molecule has 0 N–H and O–H groups in total. The lowest BCUT2D eigenvalue weighted by molar-refractivity contribution is 1.30. The molecule has 0 saturated heterocycles. The summed E-state index contributed by atoms with van der Waals surface area (Å²) in [7, 11) is 0. The summed E-state index contributed by atoms with van der Waals surface area (Å²) < 4.78 is 0. The Morgan fingerprint density at radius 2 is 0.877 bits per heavy atom. The molecule has 0 atom stereocenters. The molecule has 8 aromatic carbocycles. The molecule has 0 aliphatic heterocycles. The first-order valence-electron chi connectivity index (χ1n) is 19.3. The lowest BCUT2D eigenvalue weighted by Crippen LogP contribution is -2.11. The van der Waals surface area contributed by atoms with Crippen LogP contribution in [0.4, 0.5) is 17.1 Å². The molecule has 0 spiro atoms. The number of hydrogen-bond acceptors (Lipinski definition) is 4. The Balaban J connectivity index is 1.22. The molecule has 0 radical (unpaired) electrons. The maximum Gasteiger partial charge on any atom is 0.0972 e. The standard InChI is InChI=1S/C53H34N4/c1-4-16-35(17-5-1)45-32-30-36-28-29-37-31-33-47(55-52(37)51(36)54-45)42-24-12-13-25-43(42)53-50-48(57(39-19-6-2-7-20-39)40-21-8-3-9-22-40)34-38-18-10-11-23-41(38)49(50)44-26-14-15-27-46(44)56-53/h1-34H. The summed E-state index contributed by atoms with van der Waals surface area (Å²) >= 11 is 0. The van der Waals surface area contributed by atoms with Crippen LogP contribution in [-0.4, -0.2) is 15.0 Å². The summed E-state index contributed by atoms with van der Waals surface area (Å²) in [6.45, 7) is 0. The van der Waals surface area contributed by atoms with E-state index in [1.807, 2.05) is 6.07 Å². The van der Waals surface area contributed by atoms with Crippen LogP contribution >= 0.6 is 0 Å². The predicted molar refractivity (Wildman–Crippen MR) is 238 cm³/mol. The summed E-state index contributed by atoms with van der Waals surface area (Å²) in [6, 6.07) is 72.6. The van der Waals surface area contributed by atoms with Crippen LogP contribution in [0.5, 0.6) is 0 Å². The van der Waals surface area contributed by atoms with Gasteiger partial charge in [0.1, 0.15) is 0 Å². The van der Waals surface area contributed by atoms with Crippen molar-refractivity contribution in [2.45, 2.75) is 0 Å². The van der Waals surface area contributed by atoms with E-state index in [4.69, 9.17) is 15.0 Å². The smallest absolute Gasteiger partial charge is 0.0972 e. The highest BCUT2D eigenvalue weighted by molar-refractivity contribution is 6.27. The zero-order valence-corrected chi connectivity index (χ0v) is 30.9. The molecule has 4 heteroatoms. The van der Waals surface area contributed by atoms with Gasteiger partial charge in [-0.3, -0.25) is 0 Å². The van der Waals surface area contributed by atoms with Gasteiger partial charge in [-0.05, 0) is 59.3 Å². The third-order valence-electron chi connectivity index (χ3n) is 11.0. The number of aromatic nitrogens is 3. The summed E-state index contributed by atoms with van der Waals surface area (Å²) in [5.41, 5.74) is 11.7. The molecule has 0 saturated carbocycles. The molecule has 0 bridgehead atoms. The maximum absolute atomic E-state index is 5.59. The first-order valence-corrected chi connectivity index (χ1v) is 19.3. The molecule has 4 nitrogen and oxygen atoms in total. The van der Waals surface area contributed by atoms with E-state index in [2.05, 4.69) is 205 Å². The van der Waals surface area contributed by atoms with Crippen LogP contribution in [0.2, 0.25) is 0 Å². The van der Waals surface area contributed by atoms with Crippen molar-refractivity contribution in [2.75, 3.05) is 4.90 Å². The van der Waals surface area contributed by atoms with Gasteiger partial charge in [-0.25, -0.2) is 15.0 Å². The number of para-hydroxylation sites is 3. The van der Waals surface area contributed by atoms with Gasteiger partial charge in [0.2, 0.25) is 0 Å². The van der Waals surface area contributed by atoms with Crippen LogP contribution in [0.15, 0.2) is 206 Å². The topological polar surface area (TPSA) is 41.9 Å². The summed E-state index contributed by atoms with van der Waals surface area (Å²) in [5, 5.41) is 7.82. The van der Waals surface area contributed by atoms with Gasteiger partial charge in [-0.15, -0.1) is 0 Å². The van der Waals surface area contributed by atoms with Crippen molar-refractivity contribution >= 4 is 71.3 Å². The van der Waals surface area contributed by atoms with E-state index < -0.39 is 0 Å². The monoisotopic (exact) mass is 726 g/mol. The van der Waals surface area contributed by atoms with Gasteiger partial charge >= 0.3 is 0 Å². The fourth-order valence-electron chi connectivity index (χ4n) is 8.36. The van der Waals surface area contributed by atoms with Gasteiger partial charge in [-0.1, -0.05) is 158 Å². The molecule has 11 rings (SSSR count). The van der Waals surface area contributed by atoms with E-state index in [-0.39, 0.29) is 0 Å². The fraction of sp³-hybridized carbons (Fsp3) is 0. The summed E-state index contributed by atoms with van der Waals surface area (Å²) in [6.07, 6.45) is 0. The second kappa shape index (κ2) is 13.6. The Labute approximate surface area is 330 Å². The Morgan fingerprint density at radius 3 is 1.58 bits per heavy atom. The van der Waals surface area contributed by atoms with Gasteiger partial charge in [0.25, 0.3) is 0 Å². The van der Waals surface area contributed by atoms with Crippen molar-refractivity contribution in [3.05, 3.63) is 206 Å².